The van der Waals surface area contributed by atoms with Crippen molar-refractivity contribution < 1.29 is 33.8 Å². The fourth-order valence-electron chi connectivity index (χ4n) is 9.28. The van der Waals surface area contributed by atoms with Crippen LogP contribution in [-0.2, 0) is 28.7 Å². The van der Waals surface area contributed by atoms with Gasteiger partial charge in [-0.15, -0.1) is 0 Å². The molecule has 11 heteroatoms. The lowest BCUT2D eigenvalue weighted by Crippen LogP contribution is -2.54. The van der Waals surface area contributed by atoms with E-state index >= 15 is 0 Å². The molecule has 0 aromatic heterocycles. The van der Waals surface area contributed by atoms with E-state index in [1.807, 2.05) is 62.9 Å². The number of likely N-dealkylation sites (tertiary alicyclic amines) is 1. The van der Waals surface area contributed by atoms with Gasteiger partial charge in [-0.05, 0) is 55.0 Å². The predicted molar refractivity (Wildman–Crippen MR) is 222 cm³/mol. The number of amides is 2. The molecule has 11 nitrogen and oxygen atoms in total. The highest BCUT2D eigenvalue weighted by Crippen LogP contribution is 2.33. The summed E-state index contributed by atoms with van der Waals surface area (Å²) >= 11 is 0. The number of carbonyl (C=O) groups is 4. The van der Waals surface area contributed by atoms with E-state index in [1.165, 1.54) is 0 Å². The monoisotopic (exact) mass is 785 g/mol. The number of benzene rings is 1. The Morgan fingerprint density at radius 3 is 2.11 bits per heavy atom. The van der Waals surface area contributed by atoms with Gasteiger partial charge >= 0.3 is 0 Å². The molecule has 2 N–H and O–H groups in total. The second-order valence-electron chi connectivity index (χ2n) is 17.4. The minimum absolute atomic E-state index is 0.00768. The maximum absolute atomic E-state index is 14.5. The van der Waals surface area contributed by atoms with E-state index in [-0.39, 0.29) is 78.4 Å². The molecule has 2 aliphatic rings. The summed E-state index contributed by atoms with van der Waals surface area (Å²) in [5.74, 6) is -1.26. The van der Waals surface area contributed by atoms with Crippen LogP contribution in [0.3, 0.4) is 0 Å². The van der Waals surface area contributed by atoms with Gasteiger partial charge < -0.3 is 29.7 Å². The first kappa shape index (κ1) is 47.7. The van der Waals surface area contributed by atoms with Gasteiger partial charge in [0.15, 0.2) is 5.78 Å². The van der Waals surface area contributed by atoms with Crippen LogP contribution in [0.15, 0.2) is 30.3 Å². The van der Waals surface area contributed by atoms with Crippen molar-refractivity contribution in [2.75, 3.05) is 54.0 Å². The van der Waals surface area contributed by atoms with Crippen molar-refractivity contribution in [1.29, 1.82) is 0 Å². The van der Waals surface area contributed by atoms with Gasteiger partial charge in [0.2, 0.25) is 11.8 Å². The minimum atomic E-state index is -0.762. The summed E-state index contributed by atoms with van der Waals surface area (Å²) < 4.78 is 12.1. The second kappa shape index (κ2) is 23.0. The van der Waals surface area contributed by atoms with Gasteiger partial charge in [-0.2, -0.15) is 0 Å². The Labute approximate surface area is 338 Å². The molecule has 1 aromatic carbocycles. The largest absolute Gasteiger partial charge is 0.388 e. The molecular formula is C45H76N4O7. The van der Waals surface area contributed by atoms with E-state index in [0.29, 0.717) is 13.0 Å². The number of likely N-dealkylation sites (N-methyl/N-ethyl adjacent to an activating group) is 1. The predicted octanol–water partition coefficient (Wildman–Crippen LogP) is 5.79. The van der Waals surface area contributed by atoms with E-state index in [2.05, 4.69) is 37.9 Å². The molecule has 10 atom stereocenters. The van der Waals surface area contributed by atoms with E-state index in [9.17, 15) is 24.3 Å². The number of carbonyl (C=O) groups excluding carboxylic acids is 4. The third-order valence-electron chi connectivity index (χ3n) is 12.8. The molecule has 1 aromatic rings. The zero-order valence-corrected chi connectivity index (χ0v) is 36.5. The quantitative estimate of drug-likeness (QED) is 0.150. The van der Waals surface area contributed by atoms with Crippen LogP contribution >= 0.6 is 0 Å². The van der Waals surface area contributed by atoms with Gasteiger partial charge in [-0.3, -0.25) is 24.1 Å². The van der Waals surface area contributed by atoms with E-state index < -0.39 is 36.2 Å². The lowest BCUT2D eigenvalue weighted by molar-refractivity contribution is -0.149. The lowest BCUT2D eigenvalue weighted by Gasteiger charge is -2.41. The maximum atomic E-state index is 14.5. The maximum Gasteiger partial charge on any atom is 0.226 e. The van der Waals surface area contributed by atoms with E-state index in [0.717, 1.165) is 51.0 Å². The van der Waals surface area contributed by atoms with Crippen molar-refractivity contribution in [2.45, 2.75) is 137 Å². The molecule has 0 radical (unpaired) electrons. The summed E-state index contributed by atoms with van der Waals surface area (Å²) in [4.78, 5) is 62.4. The number of ether oxygens (including phenoxy) is 2. The average Bonchev–Trinajstić information content (AvgIpc) is 3.51. The first-order chi connectivity index (χ1) is 26.6. The number of Topliss-reactive ketones (excluding diaryl/α,β-unsaturated/α-hetero) is 2. The molecule has 0 spiro atoms. The van der Waals surface area contributed by atoms with Crippen LogP contribution in [0.5, 0.6) is 0 Å². The Bertz CT molecular complexity index is 1370. The molecule has 56 heavy (non-hydrogen) atoms. The van der Waals surface area contributed by atoms with Gasteiger partial charge in [0.05, 0.1) is 42.9 Å². The average molecular weight is 785 g/mol. The zero-order chi connectivity index (χ0) is 41.7. The number of methoxy groups -OCH3 is 2. The van der Waals surface area contributed by atoms with Crippen LogP contribution < -0.4 is 5.32 Å². The summed E-state index contributed by atoms with van der Waals surface area (Å²) in [5, 5.41) is 14.4. The van der Waals surface area contributed by atoms with Crippen LogP contribution in [0.25, 0.3) is 0 Å². The molecule has 2 saturated heterocycles. The smallest absolute Gasteiger partial charge is 0.226 e. The number of nitrogens with one attached hydrogen (secondary N) is 1. The Morgan fingerprint density at radius 1 is 0.839 bits per heavy atom. The van der Waals surface area contributed by atoms with E-state index in [1.54, 1.807) is 26.2 Å². The normalized spacial score (nSPS) is 21.8. The number of hydrogen-bond acceptors (Lipinski definition) is 9. The molecule has 0 saturated carbocycles. The van der Waals surface area contributed by atoms with Crippen LogP contribution in [-0.4, -0.2) is 128 Å². The highest BCUT2D eigenvalue weighted by Gasteiger charge is 2.43. The summed E-state index contributed by atoms with van der Waals surface area (Å²) in [6.45, 7) is 20.1. The molecule has 318 valence electrons. The number of hydrogen-bond donors (Lipinski definition) is 2. The van der Waals surface area contributed by atoms with Crippen molar-refractivity contribution in [1.82, 2.24) is 20.0 Å². The summed E-state index contributed by atoms with van der Waals surface area (Å²) in [5.41, 5.74) is 0.779. The Kier molecular flexibility index (Phi) is 19.6. The molecule has 1 unspecified atom stereocenters. The molecule has 3 rings (SSSR count). The Balaban J connectivity index is 1.76. The molecule has 0 bridgehead atoms. The van der Waals surface area contributed by atoms with Crippen molar-refractivity contribution in [3.8, 4) is 0 Å². The molecule has 2 fully saturated rings. The van der Waals surface area contributed by atoms with Crippen molar-refractivity contribution in [2.24, 2.45) is 35.5 Å². The summed E-state index contributed by atoms with van der Waals surface area (Å²) in [6, 6.07) is 8.46. The molecule has 2 aliphatic heterocycles. The lowest BCUT2D eigenvalue weighted by atomic mass is 9.83. The Hall–Kier alpha value is -2.70. The van der Waals surface area contributed by atoms with Crippen molar-refractivity contribution in [3.05, 3.63) is 35.9 Å². The van der Waals surface area contributed by atoms with Crippen LogP contribution in [0.4, 0.5) is 0 Å². The van der Waals surface area contributed by atoms with E-state index in [4.69, 9.17) is 9.47 Å². The number of ketones is 2. The van der Waals surface area contributed by atoms with Crippen LogP contribution in [0.2, 0.25) is 0 Å². The molecular weight excluding hydrogens is 709 g/mol. The van der Waals surface area contributed by atoms with Gasteiger partial charge in [-0.1, -0.05) is 92.1 Å². The minimum Gasteiger partial charge on any atom is -0.388 e. The number of nitrogens with zero attached hydrogens (tertiary/aromatic N) is 3. The van der Waals surface area contributed by atoms with Crippen LogP contribution in [0, 0.1) is 35.5 Å². The standard InChI is InChI=1S/C45H76N4O7/c1-12-31(6)42(47(9)45(54)35(29(2)3)27-38(51)41(30(4)5)48-23-17-21-46-22-25-48)39(55-10)28-40(52)49-24-16-20-36(49)44(56-11)33(8)37(50)26-32(7)43(53)34-18-14-13-15-19-34/h13-15,18-19,29-33,35-36,39,41-44,46,53H,12,16-17,20-28H2,1-11H3/t31-,32-,33-,35-,36-,39?,41-,42-,43+,44+/m0/s1. The fourth-order valence-corrected chi connectivity index (χ4v) is 9.28. The van der Waals surface area contributed by atoms with Gasteiger partial charge in [0.25, 0.3) is 0 Å². The van der Waals surface area contributed by atoms with Gasteiger partial charge in [0.1, 0.15) is 5.78 Å². The van der Waals surface area contributed by atoms with Crippen LogP contribution in [0.1, 0.15) is 112 Å². The highest BCUT2D eigenvalue weighted by atomic mass is 16.5. The number of aliphatic hydroxyl groups is 1. The highest BCUT2D eigenvalue weighted by molar-refractivity contribution is 5.90. The van der Waals surface area contributed by atoms with Gasteiger partial charge in [0, 0.05) is 72.1 Å². The second-order valence-corrected chi connectivity index (χ2v) is 17.4. The summed E-state index contributed by atoms with van der Waals surface area (Å²) in [7, 11) is 5.00. The van der Waals surface area contributed by atoms with Crippen molar-refractivity contribution >= 4 is 23.4 Å². The zero-order valence-electron chi connectivity index (χ0n) is 36.5. The third-order valence-corrected chi connectivity index (χ3v) is 12.8. The fraction of sp³-hybridized carbons (Fsp3) is 0.778. The first-order valence-corrected chi connectivity index (χ1v) is 21.4. The topological polar surface area (TPSA) is 129 Å². The molecule has 2 amide bonds. The SMILES string of the molecule is CC[C@H](C)[C@@H](C(CC(=O)N1CCC[C@H]1[C@H](OC)[C@@H](C)C(=O)C[C@H](C)[C@@H](O)c1ccccc1)OC)N(C)C(=O)[C@@H](CC(=O)[C@H](C(C)C)N1CCCNCC1)C(C)C. The van der Waals surface area contributed by atoms with Crippen molar-refractivity contribution in [3.63, 3.8) is 0 Å². The Morgan fingerprint density at radius 2 is 1.52 bits per heavy atom. The summed E-state index contributed by atoms with van der Waals surface area (Å²) in [6.07, 6.45) is 1.86. The number of aliphatic hydroxyl groups excluding tert-OH is 1. The molecule has 2 heterocycles. The number of rotatable bonds is 22. The molecule has 0 aliphatic carbocycles. The van der Waals surface area contributed by atoms with Gasteiger partial charge in [-0.25, -0.2) is 0 Å². The third kappa shape index (κ3) is 12.4. The first-order valence-electron chi connectivity index (χ1n) is 21.4.